The number of methoxy groups -OCH3 is 4. The van der Waals surface area contributed by atoms with Crippen LogP contribution in [0.3, 0.4) is 0 Å². The standard InChI is InChI=1S/C44H67NO10/c1-30(14-10-12-16-39(32(3)26-53-44(45)46)51-27-35-18-22-37(48-7)23-19-35)41(52-28-36-20-24-38(49-8)25-21-36)31(2)15-11-13-17-40-33(4)42(54-29-47-6)34(5)43(50-9)55-40/h10-11,14-15,18-25,30-34,39-43H,12-13,16-17,26-29H2,1-9H3,(H2,45,46)/b14-10-,15-11-/t30-,31-,32+,33+,34+,39+,40-,41+,42-,43+/m0/s1. The minimum Gasteiger partial charge on any atom is -0.497 e. The predicted molar refractivity (Wildman–Crippen MR) is 214 cm³/mol. The van der Waals surface area contributed by atoms with Gasteiger partial charge in [-0.25, -0.2) is 4.79 Å². The molecule has 0 unspecified atom stereocenters. The highest BCUT2D eigenvalue weighted by Gasteiger charge is 2.42. The summed E-state index contributed by atoms with van der Waals surface area (Å²) in [5.74, 6) is 2.11. The highest BCUT2D eigenvalue weighted by atomic mass is 16.7. The molecule has 11 heteroatoms. The third kappa shape index (κ3) is 15.5. The fourth-order valence-corrected chi connectivity index (χ4v) is 7.15. The fourth-order valence-electron chi connectivity index (χ4n) is 7.15. The first-order chi connectivity index (χ1) is 26.5. The number of hydrogen-bond donors (Lipinski definition) is 1. The molecule has 0 saturated carbocycles. The zero-order valence-electron chi connectivity index (χ0n) is 34.5. The number of carbonyl (C=O) groups is 1. The maximum absolute atomic E-state index is 11.3. The van der Waals surface area contributed by atoms with Crippen molar-refractivity contribution in [2.45, 2.75) is 104 Å². The van der Waals surface area contributed by atoms with Crippen molar-refractivity contribution in [1.29, 1.82) is 0 Å². The molecule has 2 N–H and O–H groups in total. The van der Waals surface area contributed by atoms with E-state index < -0.39 is 6.09 Å². The molecule has 2 aromatic carbocycles. The lowest BCUT2D eigenvalue weighted by molar-refractivity contribution is -0.271. The van der Waals surface area contributed by atoms with Gasteiger partial charge in [-0.3, -0.25) is 0 Å². The molecule has 3 rings (SSSR count). The molecule has 1 fully saturated rings. The normalized spacial score (nSPS) is 23.0. The molecule has 0 bridgehead atoms. The average molecular weight is 770 g/mol. The molecule has 10 atom stereocenters. The number of allylic oxidation sites excluding steroid dienone is 2. The Morgan fingerprint density at radius 1 is 0.800 bits per heavy atom. The molecule has 1 aliphatic rings. The third-order valence-electron chi connectivity index (χ3n) is 10.5. The van der Waals surface area contributed by atoms with Crippen molar-refractivity contribution in [3.63, 3.8) is 0 Å². The minimum atomic E-state index is -0.786. The third-order valence-corrected chi connectivity index (χ3v) is 10.5. The SMILES string of the molecule is COCO[C@@H]1[C@@H](C)[C@H](OC)O[C@@H](CC/C=C\[C@H](C)[C@H](OCc2ccc(OC)cc2)[C@@H](C)/C=C\CC[C@@H](OCc2ccc(OC)cc2)[C@H](C)COC(N)=O)[C@H]1C. The summed E-state index contributed by atoms with van der Waals surface area (Å²) in [4.78, 5) is 11.3. The maximum Gasteiger partial charge on any atom is 0.404 e. The Hall–Kier alpha value is -3.45. The first kappa shape index (κ1) is 45.9. The van der Waals surface area contributed by atoms with Crippen LogP contribution >= 0.6 is 0 Å². The zero-order valence-corrected chi connectivity index (χ0v) is 34.5. The second kappa shape index (κ2) is 24.9. The van der Waals surface area contributed by atoms with Crippen LogP contribution in [0.4, 0.5) is 4.79 Å². The predicted octanol–water partition coefficient (Wildman–Crippen LogP) is 8.48. The summed E-state index contributed by atoms with van der Waals surface area (Å²) in [6.07, 6.45) is 10.8. The van der Waals surface area contributed by atoms with Crippen molar-refractivity contribution >= 4 is 6.09 Å². The smallest absolute Gasteiger partial charge is 0.404 e. The molecule has 308 valence electrons. The van der Waals surface area contributed by atoms with Gasteiger partial charge in [-0.05, 0) is 61.1 Å². The molecule has 55 heavy (non-hydrogen) atoms. The van der Waals surface area contributed by atoms with Crippen LogP contribution in [-0.2, 0) is 46.4 Å². The van der Waals surface area contributed by atoms with Gasteiger partial charge in [-0.1, -0.05) is 83.2 Å². The van der Waals surface area contributed by atoms with Gasteiger partial charge in [-0.15, -0.1) is 0 Å². The van der Waals surface area contributed by atoms with Crippen LogP contribution in [0.25, 0.3) is 0 Å². The first-order valence-corrected chi connectivity index (χ1v) is 19.5. The largest absolute Gasteiger partial charge is 0.497 e. The van der Waals surface area contributed by atoms with Crippen molar-refractivity contribution in [3.05, 3.63) is 84.0 Å². The molecule has 1 heterocycles. The van der Waals surface area contributed by atoms with E-state index in [0.29, 0.717) is 13.2 Å². The van der Waals surface area contributed by atoms with Gasteiger partial charge in [0.15, 0.2) is 6.29 Å². The summed E-state index contributed by atoms with van der Waals surface area (Å²) >= 11 is 0. The first-order valence-electron chi connectivity index (χ1n) is 19.5. The lowest BCUT2D eigenvalue weighted by Crippen LogP contribution is -2.50. The Morgan fingerprint density at radius 2 is 1.36 bits per heavy atom. The van der Waals surface area contributed by atoms with Crippen molar-refractivity contribution in [3.8, 4) is 11.5 Å². The van der Waals surface area contributed by atoms with Crippen LogP contribution in [0.5, 0.6) is 11.5 Å². The number of amides is 1. The van der Waals surface area contributed by atoms with E-state index in [2.05, 4.69) is 52.0 Å². The number of benzene rings is 2. The quantitative estimate of drug-likeness (QED) is 0.0777. The maximum atomic E-state index is 11.3. The van der Waals surface area contributed by atoms with Gasteiger partial charge in [0.05, 0.1) is 58.5 Å². The number of hydrogen-bond acceptors (Lipinski definition) is 10. The monoisotopic (exact) mass is 769 g/mol. The molecule has 2 aromatic rings. The van der Waals surface area contributed by atoms with Crippen LogP contribution in [0.15, 0.2) is 72.8 Å². The van der Waals surface area contributed by atoms with E-state index in [0.717, 1.165) is 48.3 Å². The molecular formula is C44H67NO10. The van der Waals surface area contributed by atoms with E-state index in [-0.39, 0.29) is 73.7 Å². The summed E-state index contributed by atoms with van der Waals surface area (Å²) in [6.45, 7) is 12.0. The minimum absolute atomic E-state index is 0.000950. The Labute approximate surface area is 329 Å². The van der Waals surface area contributed by atoms with Crippen LogP contribution in [-0.4, -0.2) is 78.6 Å². The van der Waals surface area contributed by atoms with E-state index in [1.807, 2.05) is 55.5 Å². The molecular weight excluding hydrogens is 702 g/mol. The van der Waals surface area contributed by atoms with Crippen molar-refractivity contribution < 1.29 is 47.4 Å². The summed E-state index contributed by atoms with van der Waals surface area (Å²) < 4.78 is 52.1. The molecule has 0 spiro atoms. The van der Waals surface area contributed by atoms with Crippen molar-refractivity contribution in [1.82, 2.24) is 0 Å². The number of carbonyl (C=O) groups excluding carboxylic acids is 1. The topological polar surface area (TPSA) is 126 Å². The zero-order chi connectivity index (χ0) is 40.2. The van der Waals surface area contributed by atoms with Crippen LogP contribution in [0, 0.1) is 29.6 Å². The number of nitrogens with two attached hydrogens (primary N) is 1. The highest BCUT2D eigenvalue weighted by Crippen LogP contribution is 2.35. The molecule has 1 saturated heterocycles. The average Bonchev–Trinajstić information content (AvgIpc) is 3.19. The number of primary amides is 1. The van der Waals surface area contributed by atoms with Gasteiger partial charge in [0, 0.05) is 43.8 Å². The van der Waals surface area contributed by atoms with E-state index >= 15 is 0 Å². The Kier molecular flexibility index (Phi) is 20.8. The van der Waals surface area contributed by atoms with Gasteiger partial charge in [0.25, 0.3) is 0 Å². The molecule has 1 aliphatic heterocycles. The van der Waals surface area contributed by atoms with Gasteiger partial charge in [0.1, 0.15) is 18.3 Å². The van der Waals surface area contributed by atoms with Gasteiger partial charge >= 0.3 is 6.09 Å². The fraction of sp³-hybridized carbons (Fsp3) is 0.614. The van der Waals surface area contributed by atoms with Crippen molar-refractivity contribution in [2.75, 3.05) is 41.8 Å². The van der Waals surface area contributed by atoms with Crippen LogP contribution in [0.2, 0.25) is 0 Å². The lowest BCUT2D eigenvalue weighted by atomic mass is 9.84. The van der Waals surface area contributed by atoms with Crippen LogP contribution in [0.1, 0.15) is 71.4 Å². The molecule has 0 aromatic heterocycles. The summed E-state index contributed by atoms with van der Waals surface area (Å²) in [7, 11) is 6.63. The number of ether oxygens (including phenoxy) is 9. The molecule has 0 aliphatic carbocycles. The van der Waals surface area contributed by atoms with E-state index in [4.69, 9.17) is 48.4 Å². The number of rotatable bonds is 25. The summed E-state index contributed by atoms with van der Waals surface area (Å²) in [6, 6.07) is 15.8. The highest BCUT2D eigenvalue weighted by molar-refractivity contribution is 5.64. The summed E-state index contributed by atoms with van der Waals surface area (Å²) in [5.41, 5.74) is 7.38. The Balaban J connectivity index is 1.66. The van der Waals surface area contributed by atoms with Gasteiger partial charge in [0.2, 0.25) is 0 Å². The Morgan fingerprint density at radius 3 is 1.89 bits per heavy atom. The second-order valence-corrected chi connectivity index (χ2v) is 14.7. The van der Waals surface area contributed by atoms with E-state index in [9.17, 15) is 4.79 Å². The molecule has 11 nitrogen and oxygen atoms in total. The lowest BCUT2D eigenvalue weighted by Gasteiger charge is -2.43. The van der Waals surface area contributed by atoms with E-state index in [1.54, 1.807) is 28.4 Å². The molecule has 1 amide bonds. The second-order valence-electron chi connectivity index (χ2n) is 14.7. The summed E-state index contributed by atoms with van der Waals surface area (Å²) in [5, 5.41) is 0. The molecule has 0 radical (unpaired) electrons. The van der Waals surface area contributed by atoms with Gasteiger partial charge in [-0.2, -0.15) is 0 Å². The van der Waals surface area contributed by atoms with Crippen LogP contribution < -0.4 is 15.2 Å². The Bertz CT molecular complexity index is 1400. The van der Waals surface area contributed by atoms with E-state index in [1.165, 1.54) is 0 Å². The van der Waals surface area contributed by atoms with Crippen molar-refractivity contribution in [2.24, 2.45) is 35.3 Å². The van der Waals surface area contributed by atoms with Gasteiger partial charge < -0.3 is 48.4 Å².